The third kappa shape index (κ3) is 4.92. The number of carbonyl (C=O) groups is 2. The number of rotatable bonds is 5. The Morgan fingerprint density at radius 1 is 1.09 bits per heavy atom. The number of pyridine rings is 1. The van der Waals surface area contributed by atoms with Crippen LogP contribution in [0, 0.1) is 5.92 Å². The largest absolute Gasteiger partial charge is 0.489 e. The van der Waals surface area contributed by atoms with Crippen LogP contribution in [0.5, 0.6) is 5.75 Å². The van der Waals surface area contributed by atoms with Crippen molar-refractivity contribution in [3.8, 4) is 5.75 Å². The molecule has 0 aliphatic carbocycles. The van der Waals surface area contributed by atoms with Gasteiger partial charge in [-0.1, -0.05) is 30.3 Å². The molecule has 0 saturated carbocycles. The lowest BCUT2D eigenvalue weighted by atomic mass is 9.85. The highest BCUT2D eigenvalue weighted by atomic mass is 16.5. The third-order valence-corrected chi connectivity index (χ3v) is 6.59. The van der Waals surface area contributed by atoms with Crippen LogP contribution in [0.1, 0.15) is 30.7 Å². The molecule has 3 atom stereocenters. The topological polar surface area (TPSA) is 95.0 Å². The summed E-state index contributed by atoms with van der Waals surface area (Å²) in [5.74, 6) is -0.217. The normalized spacial score (nSPS) is 24.7. The molecule has 2 aromatic rings. The van der Waals surface area contributed by atoms with E-state index in [0.29, 0.717) is 37.7 Å². The van der Waals surface area contributed by atoms with E-state index in [2.05, 4.69) is 17.1 Å². The number of aromatic nitrogens is 1. The molecule has 8 nitrogen and oxygen atoms in total. The van der Waals surface area contributed by atoms with E-state index in [0.717, 1.165) is 12.8 Å². The smallest absolute Gasteiger partial charge is 0.248 e. The van der Waals surface area contributed by atoms with Crippen LogP contribution in [0.3, 0.4) is 0 Å². The number of benzene rings is 1. The molecule has 3 heterocycles. The predicted molar refractivity (Wildman–Crippen MR) is 118 cm³/mol. The minimum atomic E-state index is -0.704. The highest BCUT2D eigenvalue weighted by Gasteiger charge is 2.45. The van der Waals surface area contributed by atoms with Crippen molar-refractivity contribution in [1.82, 2.24) is 20.3 Å². The predicted octanol–water partition coefficient (Wildman–Crippen LogP) is 2.06. The molecule has 0 spiro atoms. The number of carbonyl (C=O) groups excluding carboxylic acids is 2. The SMILES string of the molecule is CN1CC(Oc2ccncc2)CC(C(=O)NO)C1C(=O)N1CCC(c2ccccc2)CC1. The molecular weight excluding hydrogens is 408 g/mol. The van der Waals surface area contributed by atoms with Gasteiger partial charge in [0.2, 0.25) is 11.8 Å². The number of hydrogen-bond donors (Lipinski definition) is 2. The summed E-state index contributed by atoms with van der Waals surface area (Å²) >= 11 is 0. The maximum absolute atomic E-state index is 13.5. The molecule has 2 fully saturated rings. The second kappa shape index (κ2) is 10.1. The van der Waals surface area contributed by atoms with Crippen molar-refractivity contribution in [2.75, 3.05) is 26.7 Å². The minimum absolute atomic E-state index is 0.0602. The summed E-state index contributed by atoms with van der Waals surface area (Å²) < 4.78 is 6.02. The van der Waals surface area contributed by atoms with E-state index >= 15 is 0 Å². The summed E-state index contributed by atoms with van der Waals surface area (Å²) in [7, 11) is 1.83. The first kappa shape index (κ1) is 22.2. The molecular formula is C24H30N4O4. The summed E-state index contributed by atoms with van der Waals surface area (Å²) in [6.07, 6.45) is 5.15. The van der Waals surface area contributed by atoms with E-state index in [1.807, 2.05) is 35.0 Å². The second-order valence-corrected chi connectivity index (χ2v) is 8.64. The summed E-state index contributed by atoms with van der Waals surface area (Å²) in [5.41, 5.74) is 3.06. The van der Waals surface area contributed by atoms with Gasteiger partial charge in [-0.3, -0.25) is 24.7 Å². The van der Waals surface area contributed by atoms with Gasteiger partial charge in [-0.25, -0.2) is 5.48 Å². The lowest BCUT2D eigenvalue weighted by Gasteiger charge is -2.43. The number of piperidine rings is 2. The highest BCUT2D eigenvalue weighted by Crippen LogP contribution is 2.31. The monoisotopic (exact) mass is 438 g/mol. The highest BCUT2D eigenvalue weighted by molar-refractivity contribution is 5.90. The fraction of sp³-hybridized carbons (Fsp3) is 0.458. The Kier molecular flexibility index (Phi) is 7.02. The first-order chi connectivity index (χ1) is 15.6. The number of nitrogens with one attached hydrogen (secondary N) is 1. The van der Waals surface area contributed by atoms with Gasteiger partial charge in [0.05, 0.1) is 5.92 Å². The van der Waals surface area contributed by atoms with Crippen LogP contribution in [0.25, 0.3) is 0 Å². The van der Waals surface area contributed by atoms with Crippen molar-refractivity contribution in [3.05, 3.63) is 60.4 Å². The third-order valence-electron chi connectivity index (χ3n) is 6.59. The summed E-state index contributed by atoms with van der Waals surface area (Å²) in [6.45, 7) is 1.83. The Bertz CT molecular complexity index is 903. The molecule has 0 bridgehead atoms. The van der Waals surface area contributed by atoms with Crippen LogP contribution in [-0.2, 0) is 9.59 Å². The van der Waals surface area contributed by atoms with E-state index < -0.39 is 17.9 Å². The lowest BCUT2D eigenvalue weighted by Crippen LogP contribution is -2.61. The van der Waals surface area contributed by atoms with Gasteiger partial charge >= 0.3 is 0 Å². The lowest BCUT2D eigenvalue weighted by molar-refractivity contribution is -0.151. The molecule has 0 radical (unpaired) electrons. The Morgan fingerprint density at radius 2 is 1.78 bits per heavy atom. The molecule has 170 valence electrons. The van der Waals surface area contributed by atoms with Crippen LogP contribution >= 0.6 is 0 Å². The van der Waals surface area contributed by atoms with Gasteiger partial charge in [-0.05, 0) is 49.9 Å². The molecule has 4 rings (SSSR count). The van der Waals surface area contributed by atoms with Crippen LogP contribution in [0.2, 0.25) is 0 Å². The molecule has 3 unspecified atom stereocenters. The van der Waals surface area contributed by atoms with E-state index in [1.165, 1.54) is 5.56 Å². The van der Waals surface area contributed by atoms with Gasteiger partial charge in [0, 0.05) is 32.0 Å². The second-order valence-electron chi connectivity index (χ2n) is 8.64. The Hall–Kier alpha value is -2.97. The Labute approximate surface area is 188 Å². The molecule has 32 heavy (non-hydrogen) atoms. The van der Waals surface area contributed by atoms with Gasteiger partial charge in [-0.15, -0.1) is 0 Å². The number of nitrogens with zero attached hydrogens (tertiary/aromatic N) is 3. The van der Waals surface area contributed by atoms with Gasteiger partial charge in [0.25, 0.3) is 0 Å². The fourth-order valence-electron chi connectivity index (χ4n) is 4.96. The quantitative estimate of drug-likeness (QED) is 0.548. The zero-order valence-corrected chi connectivity index (χ0v) is 18.3. The van der Waals surface area contributed by atoms with E-state index in [-0.39, 0.29) is 12.0 Å². The van der Waals surface area contributed by atoms with Crippen molar-refractivity contribution in [2.24, 2.45) is 5.92 Å². The zero-order chi connectivity index (χ0) is 22.5. The van der Waals surface area contributed by atoms with Crippen LogP contribution in [-0.4, -0.2) is 70.6 Å². The Balaban J connectivity index is 1.43. The first-order valence-electron chi connectivity index (χ1n) is 11.1. The summed E-state index contributed by atoms with van der Waals surface area (Å²) in [5, 5.41) is 9.33. The number of hydroxylamine groups is 1. The van der Waals surface area contributed by atoms with Gasteiger partial charge < -0.3 is 9.64 Å². The standard InChI is InChI=1S/C24H30N4O4/c1-27-16-20(32-19-7-11-25-12-8-19)15-21(23(29)26-31)22(27)24(30)28-13-9-18(10-14-28)17-5-3-2-4-6-17/h2-8,11-12,18,20-22,31H,9-10,13-16H2,1H3,(H,26,29). The number of amides is 2. The van der Waals surface area contributed by atoms with E-state index in [4.69, 9.17) is 4.74 Å². The average molecular weight is 439 g/mol. The maximum atomic E-state index is 13.5. The van der Waals surface area contributed by atoms with Gasteiger partial charge in [0.1, 0.15) is 17.9 Å². The van der Waals surface area contributed by atoms with Gasteiger partial charge in [0.15, 0.2) is 0 Å². The minimum Gasteiger partial charge on any atom is -0.489 e. The van der Waals surface area contributed by atoms with Crippen molar-refractivity contribution in [3.63, 3.8) is 0 Å². The summed E-state index contributed by atoms with van der Waals surface area (Å²) in [6, 6.07) is 13.3. The van der Waals surface area contributed by atoms with Crippen molar-refractivity contribution >= 4 is 11.8 Å². The van der Waals surface area contributed by atoms with E-state index in [1.54, 1.807) is 30.0 Å². The van der Waals surface area contributed by atoms with Crippen LogP contribution in [0.15, 0.2) is 54.9 Å². The van der Waals surface area contributed by atoms with Crippen LogP contribution in [0.4, 0.5) is 0 Å². The molecule has 2 amide bonds. The molecule has 2 saturated heterocycles. The number of hydrogen-bond acceptors (Lipinski definition) is 6. The summed E-state index contributed by atoms with van der Waals surface area (Å²) in [4.78, 5) is 33.7. The molecule has 8 heteroatoms. The molecule has 2 N–H and O–H groups in total. The molecule has 1 aromatic carbocycles. The molecule has 2 aliphatic heterocycles. The van der Waals surface area contributed by atoms with Crippen molar-refractivity contribution < 1.29 is 19.5 Å². The maximum Gasteiger partial charge on any atom is 0.248 e. The fourth-order valence-corrected chi connectivity index (χ4v) is 4.96. The molecule has 2 aliphatic rings. The zero-order valence-electron chi connectivity index (χ0n) is 18.3. The average Bonchev–Trinajstić information content (AvgIpc) is 2.84. The van der Waals surface area contributed by atoms with E-state index in [9.17, 15) is 14.8 Å². The van der Waals surface area contributed by atoms with Crippen molar-refractivity contribution in [2.45, 2.75) is 37.3 Å². The van der Waals surface area contributed by atoms with Gasteiger partial charge in [-0.2, -0.15) is 0 Å². The number of likely N-dealkylation sites (tertiary alicyclic amines) is 2. The molecule has 1 aromatic heterocycles. The first-order valence-corrected chi connectivity index (χ1v) is 11.1. The number of ether oxygens (including phenoxy) is 1. The number of likely N-dealkylation sites (N-methyl/N-ethyl adjacent to an activating group) is 1. The Morgan fingerprint density at radius 3 is 2.44 bits per heavy atom. The van der Waals surface area contributed by atoms with Crippen LogP contribution < -0.4 is 10.2 Å². The van der Waals surface area contributed by atoms with Crippen molar-refractivity contribution in [1.29, 1.82) is 0 Å².